The Hall–Kier alpha value is -1.76. The van der Waals surface area contributed by atoms with Crippen LogP contribution in [0.25, 0.3) is 0 Å². The van der Waals surface area contributed by atoms with Crippen molar-refractivity contribution in [2.45, 2.75) is 42.9 Å². The van der Waals surface area contributed by atoms with Crippen molar-refractivity contribution in [3.63, 3.8) is 0 Å². The quantitative estimate of drug-likeness (QED) is 0.132. The van der Waals surface area contributed by atoms with Crippen molar-refractivity contribution in [3.8, 4) is 0 Å². The molecule has 0 aromatic carbocycles. The Morgan fingerprint density at radius 3 is 1.10 bits per heavy atom. The number of hydrogen-bond acceptors (Lipinski definition) is 11. The zero-order valence-corrected chi connectivity index (χ0v) is 15.9. The fourth-order valence-corrected chi connectivity index (χ4v) is 1.39. The van der Waals surface area contributed by atoms with Crippen LogP contribution in [-0.4, -0.2) is 127 Å². The minimum Gasteiger partial charge on any atom is -0.481 e. The predicted octanol–water partition coefficient (Wildman–Crippen LogP) is -5.76. The minimum absolute atomic E-state index is 0.726. The summed E-state index contributed by atoms with van der Waals surface area (Å²) < 4.78 is 8.88. The highest BCUT2D eigenvalue weighted by molar-refractivity contribution is 7.45. The number of aliphatic carboxylic acids is 3. The molecule has 0 spiro atoms. The molecule has 17 nitrogen and oxygen atoms in total. The van der Waals surface area contributed by atoms with E-state index >= 15 is 0 Å². The molecule has 18 heteroatoms. The first-order chi connectivity index (χ1) is 13.3. The number of carboxylic acids is 3. The Balaban J connectivity index is -0.000000399. The van der Waals surface area contributed by atoms with E-state index in [0.29, 0.717) is 0 Å². The van der Waals surface area contributed by atoms with Gasteiger partial charge in [0.1, 0.15) is 24.4 Å². The van der Waals surface area contributed by atoms with Crippen LogP contribution < -0.4 is 0 Å². The van der Waals surface area contributed by atoms with Crippen LogP contribution in [0.3, 0.4) is 0 Å². The van der Waals surface area contributed by atoms with Gasteiger partial charge in [0.25, 0.3) is 0 Å². The molecule has 0 fully saturated rings. The largest absolute Gasteiger partial charge is 0.481 e. The van der Waals surface area contributed by atoms with Gasteiger partial charge in [-0.15, -0.1) is 0 Å². The van der Waals surface area contributed by atoms with Gasteiger partial charge in [0.05, 0.1) is 26.1 Å². The van der Waals surface area contributed by atoms with Crippen LogP contribution in [-0.2, 0) is 18.9 Å². The first-order valence-electron chi connectivity index (χ1n) is 7.44. The highest BCUT2D eigenvalue weighted by Gasteiger charge is 2.40. The maximum atomic E-state index is 10.3. The van der Waals surface area contributed by atoms with Gasteiger partial charge in [-0.1, -0.05) is 0 Å². The Morgan fingerprint density at radius 2 is 0.967 bits per heavy atom. The van der Waals surface area contributed by atoms with Gasteiger partial charge in [-0.25, -0.2) is 9.36 Å². The molecule has 0 saturated carbocycles. The van der Waals surface area contributed by atoms with Crippen LogP contribution in [0, 0.1) is 0 Å². The molecule has 180 valence electrons. The summed E-state index contributed by atoms with van der Waals surface area (Å²) >= 11 is 0. The maximum Gasteiger partial charge on any atom is 0.466 e. The lowest BCUT2D eigenvalue weighted by molar-refractivity contribution is -0.170. The molecule has 0 aromatic heterocycles. The van der Waals surface area contributed by atoms with E-state index in [-0.39, 0.29) is 0 Å². The number of carbonyl (C=O) groups is 3. The van der Waals surface area contributed by atoms with Gasteiger partial charge in [0.2, 0.25) is 0 Å². The topological polar surface area (TPSA) is 331 Å². The van der Waals surface area contributed by atoms with Gasteiger partial charge in [-0.05, 0) is 0 Å². The summed E-state index contributed by atoms with van der Waals surface area (Å²) in [6.07, 6.45) is -8.68. The zero-order valence-electron chi connectivity index (χ0n) is 15.0. The van der Waals surface area contributed by atoms with Crippen LogP contribution >= 0.6 is 7.82 Å². The highest BCUT2D eigenvalue weighted by atomic mass is 31.2. The molecule has 0 aromatic rings. The van der Waals surface area contributed by atoms with Crippen LogP contribution in [0.4, 0.5) is 0 Å². The predicted molar refractivity (Wildman–Crippen MR) is 89.6 cm³/mol. The summed E-state index contributed by atoms with van der Waals surface area (Å²) in [6, 6.07) is 0. The number of phosphoric acid groups is 1. The summed E-state index contributed by atoms with van der Waals surface area (Å²) in [7, 11) is -4.64. The van der Waals surface area contributed by atoms with Gasteiger partial charge in [-0.3, -0.25) is 9.59 Å². The second-order valence-corrected chi connectivity index (χ2v) is 6.50. The molecule has 0 aliphatic heterocycles. The minimum atomic E-state index is -4.64. The van der Waals surface area contributed by atoms with Crippen molar-refractivity contribution >= 4 is 25.7 Å². The van der Waals surface area contributed by atoms with Crippen molar-refractivity contribution in [1.82, 2.24) is 0 Å². The monoisotopic (exact) mass is 472 g/mol. The number of carboxylic acid groups (broad SMARTS) is 3. The van der Waals surface area contributed by atoms with E-state index in [1.54, 1.807) is 0 Å². The normalized spacial score (nSPS) is 15.3. The number of rotatable bonds is 10. The second-order valence-electron chi connectivity index (χ2n) is 5.47. The van der Waals surface area contributed by atoms with Crippen LogP contribution in [0.1, 0.15) is 12.8 Å². The average molecular weight is 472 g/mol. The number of aliphatic hydroxyl groups is 7. The molecule has 0 aliphatic rings. The van der Waals surface area contributed by atoms with Crippen molar-refractivity contribution in [1.29, 1.82) is 0 Å². The smallest absolute Gasteiger partial charge is 0.466 e. The molecule has 0 rings (SSSR count). The molecule has 4 atom stereocenters. The van der Waals surface area contributed by atoms with Crippen LogP contribution in [0.5, 0.6) is 0 Å². The maximum absolute atomic E-state index is 10.3. The van der Waals surface area contributed by atoms with E-state index in [2.05, 4.69) is 0 Å². The molecule has 0 unspecified atom stereocenters. The van der Waals surface area contributed by atoms with Crippen molar-refractivity contribution in [3.05, 3.63) is 0 Å². The first-order valence-corrected chi connectivity index (χ1v) is 9.00. The van der Waals surface area contributed by atoms with E-state index < -0.39 is 81.8 Å². The van der Waals surface area contributed by atoms with Crippen molar-refractivity contribution in [2.75, 3.05) is 13.2 Å². The SMILES string of the molecule is O=C(O)CC(O)(CC(=O)O)C(=O)O.O=P(O)(O)O.OC[C@@H](O)[C@@H](O)[C@H](O)[C@H](O)CO. The summed E-state index contributed by atoms with van der Waals surface area (Å²) in [6.45, 7) is -1.45. The molecule has 0 amide bonds. The van der Waals surface area contributed by atoms with Crippen LogP contribution in [0.2, 0.25) is 0 Å². The lowest BCUT2D eigenvalue weighted by atomic mass is 9.96. The van der Waals surface area contributed by atoms with Crippen molar-refractivity contribution in [2.24, 2.45) is 0 Å². The third kappa shape index (κ3) is 18.3. The summed E-state index contributed by atoms with van der Waals surface area (Å²) in [5.74, 6) is -5.02. The van der Waals surface area contributed by atoms with E-state index in [1.807, 2.05) is 0 Å². The second kappa shape index (κ2) is 15.1. The molecule has 0 radical (unpaired) electrons. The third-order valence-corrected chi connectivity index (χ3v) is 2.80. The number of hydrogen-bond donors (Lipinski definition) is 13. The molecule has 0 bridgehead atoms. The zero-order chi connectivity index (χ0) is 24.9. The highest BCUT2D eigenvalue weighted by Crippen LogP contribution is 2.25. The fourth-order valence-electron chi connectivity index (χ4n) is 1.39. The average Bonchev–Trinajstić information content (AvgIpc) is 2.56. The molecule has 30 heavy (non-hydrogen) atoms. The van der Waals surface area contributed by atoms with E-state index in [1.165, 1.54) is 0 Å². The third-order valence-electron chi connectivity index (χ3n) is 2.80. The Kier molecular flexibility index (Phi) is 16.6. The van der Waals surface area contributed by atoms with Gasteiger partial charge in [0.15, 0.2) is 5.60 Å². The molecule has 0 saturated heterocycles. The molecule has 0 aliphatic carbocycles. The first kappa shape index (κ1) is 32.9. The molecular formula is C12H25O17P. The van der Waals surface area contributed by atoms with E-state index in [0.717, 1.165) is 0 Å². The summed E-state index contributed by atoms with van der Waals surface area (Å²) in [5, 5.41) is 86.0. The van der Waals surface area contributed by atoms with Gasteiger partial charge in [0, 0.05) is 0 Å². The van der Waals surface area contributed by atoms with E-state index in [9.17, 15) is 14.4 Å². The fraction of sp³-hybridized carbons (Fsp3) is 0.750. The lowest BCUT2D eigenvalue weighted by Crippen LogP contribution is -2.46. The van der Waals surface area contributed by atoms with Crippen molar-refractivity contribution < 1.29 is 84.7 Å². The summed E-state index contributed by atoms with van der Waals surface area (Å²) in [5.41, 5.74) is -2.74. The van der Waals surface area contributed by atoms with Gasteiger partial charge >= 0.3 is 25.7 Å². The Morgan fingerprint density at radius 1 is 0.733 bits per heavy atom. The molecule has 0 heterocycles. The van der Waals surface area contributed by atoms with Crippen LogP contribution in [0.15, 0.2) is 0 Å². The Bertz CT molecular complexity index is 535. The standard InChI is InChI=1S/C6H8O7.C6H14O6.H3O4P/c7-3(8)1-6(13,5(11)12)2-4(9)10;7-1-3(9)5(11)6(12)4(10)2-8;1-5(2,3)4/h13H,1-2H2,(H,7,8)(H,9,10)(H,11,12);3-12H,1-2H2;(H3,1,2,3,4)/t;3-,4-,5-,6-;/m.1./s1. The molecule has 13 N–H and O–H groups in total. The Labute approximate surface area is 167 Å². The number of aliphatic hydroxyl groups excluding tert-OH is 6. The lowest BCUT2D eigenvalue weighted by Gasteiger charge is -2.24. The van der Waals surface area contributed by atoms with Gasteiger partial charge in [-0.2, -0.15) is 0 Å². The molecular weight excluding hydrogens is 447 g/mol. The summed E-state index contributed by atoms with van der Waals surface area (Å²) in [4.78, 5) is 52.0. The van der Waals surface area contributed by atoms with E-state index in [4.69, 9.17) is 70.3 Å². The van der Waals surface area contributed by atoms with Gasteiger partial charge < -0.3 is 65.7 Å².